The molecule has 1 amide bonds. The zero-order valence-corrected chi connectivity index (χ0v) is 15.2. The maximum absolute atomic E-state index is 12.0. The van der Waals surface area contributed by atoms with E-state index in [2.05, 4.69) is 39.4 Å². The molecule has 2 heterocycles. The molecule has 2 aliphatic heterocycles. The Labute approximate surface area is 149 Å². The number of anilines is 1. The van der Waals surface area contributed by atoms with Crippen LogP contribution in [0.2, 0.25) is 0 Å². The van der Waals surface area contributed by atoms with E-state index >= 15 is 0 Å². The summed E-state index contributed by atoms with van der Waals surface area (Å²) in [6, 6.07) is 8.37. The van der Waals surface area contributed by atoms with Crippen molar-refractivity contribution in [3.05, 3.63) is 29.8 Å². The fourth-order valence-corrected chi connectivity index (χ4v) is 4.36. The largest absolute Gasteiger partial charge is 0.326 e. The van der Waals surface area contributed by atoms with Gasteiger partial charge in [-0.15, -0.1) is 0 Å². The normalized spacial score (nSPS) is 21.8. The fourth-order valence-electron chi connectivity index (χ4n) is 3.39. The van der Waals surface area contributed by atoms with Gasteiger partial charge in [-0.1, -0.05) is 12.1 Å². The molecule has 1 unspecified atom stereocenters. The Morgan fingerprint density at radius 2 is 2.04 bits per heavy atom. The van der Waals surface area contributed by atoms with Crippen LogP contribution >= 0.6 is 11.8 Å². The predicted molar refractivity (Wildman–Crippen MR) is 103 cm³/mol. The van der Waals surface area contributed by atoms with Crippen LogP contribution in [0.4, 0.5) is 5.69 Å². The lowest BCUT2D eigenvalue weighted by molar-refractivity contribution is -0.116. The Hall–Kier alpha value is -1.04. The summed E-state index contributed by atoms with van der Waals surface area (Å²) in [4.78, 5) is 14.6. The van der Waals surface area contributed by atoms with Crippen molar-refractivity contribution in [2.75, 3.05) is 49.5 Å². The molecule has 5 heteroatoms. The smallest absolute Gasteiger partial charge is 0.224 e. The number of amides is 1. The highest BCUT2D eigenvalue weighted by Gasteiger charge is 2.15. The van der Waals surface area contributed by atoms with Gasteiger partial charge in [0.05, 0.1) is 0 Å². The monoisotopic (exact) mass is 347 g/mol. The van der Waals surface area contributed by atoms with Gasteiger partial charge in [0.1, 0.15) is 0 Å². The summed E-state index contributed by atoms with van der Waals surface area (Å²) < 4.78 is 0. The second kappa shape index (κ2) is 9.44. The first-order chi connectivity index (χ1) is 11.8. The molecule has 2 fully saturated rings. The highest BCUT2D eigenvalue weighted by atomic mass is 32.2. The van der Waals surface area contributed by atoms with Gasteiger partial charge in [0.15, 0.2) is 0 Å². The van der Waals surface area contributed by atoms with Crippen LogP contribution in [0.25, 0.3) is 0 Å². The van der Waals surface area contributed by atoms with E-state index in [9.17, 15) is 4.79 Å². The number of hydrogen-bond donors (Lipinski definition) is 2. The molecule has 24 heavy (non-hydrogen) atoms. The quantitative estimate of drug-likeness (QED) is 0.796. The minimum absolute atomic E-state index is 0.139. The summed E-state index contributed by atoms with van der Waals surface area (Å²) in [6.45, 7) is 5.74. The summed E-state index contributed by atoms with van der Waals surface area (Å²) >= 11 is 2.05. The number of nitrogens with zero attached hydrogens (tertiary/aromatic N) is 1. The first-order valence-corrected chi connectivity index (χ1v) is 10.3. The average molecular weight is 348 g/mol. The molecule has 2 saturated heterocycles. The molecule has 1 aromatic rings. The van der Waals surface area contributed by atoms with Crippen LogP contribution in [-0.2, 0) is 11.2 Å². The Balaban J connectivity index is 1.37. The minimum Gasteiger partial charge on any atom is -0.326 e. The molecular formula is C19H29N3OS. The summed E-state index contributed by atoms with van der Waals surface area (Å²) in [5.74, 6) is 3.34. The Morgan fingerprint density at radius 1 is 1.25 bits per heavy atom. The number of carbonyl (C=O) groups excluding carboxylic acids is 1. The molecule has 1 aromatic carbocycles. The third-order valence-corrected chi connectivity index (χ3v) is 5.94. The van der Waals surface area contributed by atoms with E-state index in [1.165, 1.54) is 36.6 Å². The molecule has 1 atom stereocenters. The van der Waals surface area contributed by atoms with E-state index in [0.717, 1.165) is 38.2 Å². The van der Waals surface area contributed by atoms with Gasteiger partial charge >= 0.3 is 0 Å². The van der Waals surface area contributed by atoms with Crippen molar-refractivity contribution >= 4 is 23.4 Å². The molecule has 0 aromatic heterocycles. The Kier molecular flexibility index (Phi) is 6.99. The second-order valence-electron chi connectivity index (χ2n) is 6.85. The van der Waals surface area contributed by atoms with Gasteiger partial charge in [-0.05, 0) is 56.0 Å². The number of rotatable bonds is 7. The summed E-state index contributed by atoms with van der Waals surface area (Å²) in [5.41, 5.74) is 2.27. The molecular weight excluding hydrogens is 318 g/mol. The van der Waals surface area contributed by atoms with Crippen LogP contribution in [0.5, 0.6) is 0 Å². The van der Waals surface area contributed by atoms with Crippen LogP contribution in [-0.4, -0.2) is 55.0 Å². The Morgan fingerprint density at radius 3 is 2.75 bits per heavy atom. The van der Waals surface area contributed by atoms with Crippen molar-refractivity contribution in [3.8, 4) is 0 Å². The molecule has 0 aliphatic carbocycles. The molecule has 0 saturated carbocycles. The van der Waals surface area contributed by atoms with Gasteiger partial charge in [-0.3, -0.25) is 4.79 Å². The van der Waals surface area contributed by atoms with E-state index in [1.807, 2.05) is 12.1 Å². The van der Waals surface area contributed by atoms with Gasteiger partial charge in [-0.2, -0.15) is 11.8 Å². The highest BCUT2D eigenvalue weighted by Crippen LogP contribution is 2.16. The predicted octanol–water partition coefficient (Wildman–Crippen LogP) is 2.61. The van der Waals surface area contributed by atoms with Crippen LogP contribution in [0, 0.1) is 5.92 Å². The highest BCUT2D eigenvalue weighted by molar-refractivity contribution is 7.99. The van der Waals surface area contributed by atoms with Crippen molar-refractivity contribution in [2.24, 2.45) is 5.92 Å². The molecule has 2 aliphatic rings. The van der Waals surface area contributed by atoms with Crippen LogP contribution < -0.4 is 10.6 Å². The minimum atomic E-state index is 0.139. The van der Waals surface area contributed by atoms with E-state index < -0.39 is 0 Å². The molecule has 4 nitrogen and oxygen atoms in total. The van der Waals surface area contributed by atoms with E-state index in [4.69, 9.17) is 0 Å². The van der Waals surface area contributed by atoms with Gasteiger partial charge < -0.3 is 15.5 Å². The number of thioether (sulfide) groups is 1. The zero-order chi connectivity index (χ0) is 16.6. The van der Waals surface area contributed by atoms with Crippen LogP contribution in [0.15, 0.2) is 24.3 Å². The average Bonchev–Trinajstić information content (AvgIpc) is 3.14. The van der Waals surface area contributed by atoms with Crippen LogP contribution in [0.3, 0.4) is 0 Å². The fraction of sp³-hybridized carbons (Fsp3) is 0.632. The molecule has 0 radical (unpaired) electrons. The van der Waals surface area contributed by atoms with Crippen molar-refractivity contribution in [2.45, 2.75) is 25.7 Å². The first kappa shape index (κ1) is 17.8. The van der Waals surface area contributed by atoms with Crippen molar-refractivity contribution in [1.82, 2.24) is 10.2 Å². The maximum Gasteiger partial charge on any atom is 0.224 e. The lowest BCUT2D eigenvalue weighted by Gasteiger charge is -2.26. The van der Waals surface area contributed by atoms with Crippen molar-refractivity contribution in [3.63, 3.8) is 0 Å². The van der Waals surface area contributed by atoms with Crippen LogP contribution in [0.1, 0.15) is 24.8 Å². The molecule has 132 valence electrons. The molecule has 3 rings (SSSR count). The molecule has 2 N–H and O–H groups in total. The van der Waals surface area contributed by atoms with Gasteiger partial charge in [-0.25, -0.2) is 0 Å². The maximum atomic E-state index is 12.0. The summed E-state index contributed by atoms with van der Waals surface area (Å²) in [7, 11) is 0. The first-order valence-electron chi connectivity index (χ1n) is 9.19. The number of nitrogens with one attached hydrogen (secondary N) is 2. The standard InChI is InChI=1S/C19H29N3OS/c23-19(6-3-17-7-9-20-15-17)21-18-4-1-16(2-5-18)8-10-22-11-13-24-14-12-22/h1-2,4-5,17,20H,3,6-15H2,(H,21,23). The summed E-state index contributed by atoms with van der Waals surface area (Å²) in [6.07, 6.45) is 3.91. The SMILES string of the molecule is O=C(CCC1CCNC1)Nc1ccc(CCN2CCSCC2)cc1. The molecule has 0 bridgehead atoms. The topological polar surface area (TPSA) is 44.4 Å². The second-order valence-corrected chi connectivity index (χ2v) is 8.07. The lowest BCUT2D eigenvalue weighted by Crippen LogP contribution is -2.34. The summed E-state index contributed by atoms with van der Waals surface area (Å²) in [5, 5.41) is 6.38. The third kappa shape index (κ3) is 5.80. The lowest BCUT2D eigenvalue weighted by atomic mass is 10.0. The van der Waals surface area contributed by atoms with Gasteiger partial charge in [0.25, 0.3) is 0 Å². The zero-order valence-electron chi connectivity index (χ0n) is 14.4. The number of carbonyl (C=O) groups is 1. The number of benzene rings is 1. The third-order valence-electron chi connectivity index (χ3n) is 5.00. The van der Waals surface area contributed by atoms with Crippen molar-refractivity contribution in [1.29, 1.82) is 0 Å². The van der Waals surface area contributed by atoms with Gasteiger partial charge in [0.2, 0.25) is 5.91 Å². The van der Waals surface area contributed by atoms with Crippen molar-refractivity contribution < 1.29 is 4.79 Å². The van der Waals surface area contributed by atoms with E-state index in [0.29, 0.717) is 12.3 Å². The molecule has 0 spiro atoms. The Bertz CT molecular complexity index is 508. The van der Waals surface area contributed by atoms with E-state index in [1.54, 1.807) is 0 Å². The van der Waals surface area contributed by atoms with Gasteiger partial charge in [0, 0.05) is 43.2 Å². The number of hydrogen-bond acceptors (Lipinski definition) is 4. The van der Waals surface area contributed by atoms with E-state index in [-0.39, 0.29) is 5.91 Å².